The van der Waals surface area contributed by atoms with Gasteiger partial charge in [0.2, 0.25) is 5.91 Å². The van der Waals surface area contributed by atoms with E-state index < -0.39 is 0 Å². The summed E-state index contributed by atoms with van der Waals surface area (Å²) in [5, 5.41) is 5.43. The standard InChI is InChI=1S/C15H24N2OS/c1-4-15(7-9-16-10-8-15)14(18)17(3)12(2)13-6-5-11-19-13/h5-6,11-12,16H,4,7-10H2,1-3H3. The maximum Gasteiger partial charge on any atom is 0.229 e. The van der Waals surface area contributed by atoms with Gasteiger partial charge < -0.3 is 10.2 Å². The largest absolute Gasteiger partial charge is 0.338 e. The highest BCUT2D eigenvalue weighted by atomic mass is 32.1. The van der Waals surface area contributed by atoms with Crippen molar-refractivity contribution in [3.05, 3.63) is 22.4 Å². The van der Waals surface area contributed by atoms with Crippen molar-refractivity contribution >= 4 is 17.2 Å². The van der Waals surface area contributed by atoms with Gasteiger partial charge in [-0.15, -0.1) is 11.3 Å². The minimum Gasteiger partial charge on any atom is -0.338 e. The highest BCUT2D eigenvalue weighted by Crippen LogP contribution is 2.37. The van der Waals surface area contributed by atoms with Gasteiger partial charge in [-0.2, -0.15) is 0 Å². The Balaban J connectivity index is 2.13. The molecule has 2 rings (SSSR count). The molecule has 0 radical (unpaired) electrons. The van der Waals surface area contributed by atoms with Crippen LogP contribution in [0.4, 0.5) is 0 Å². The number of carbonyl (C=O) groups is 1. The number of thiophene rings is 1. The van der Waals surface area contributed by atoms with E-state index >= 15 is 0 Å². The number of amides is 1. The zero-order valence-corrected chi connectivity index (χ0v) is 12.9. The van der Waals surface area contributed by atoms with Crippen molar-refractivity contribution in [2.75, 3.05) is 20.1 Å². The number of rotatable bonds is 4. The van der Waals surface area contributed by atoms with Gasteiger partial charge >= 0.3 is 0 Å². The zero-order chi connectivity index (χ0) is 13.9. The van der Waals surface area contributed by atoms with Crippen molar-refractivity contribution in [3.63, 3.8) is 0 Å². The maximum absolute atomic E-state index is 12.9. The molecule has 1 fully saturated rings. The molecule has 106 valence electrons. The van der Waals surface area contributed by atoms with Crippen LogP contribution in [0.2, 0.25) is 0 Å². The Kier molecular flexibility index (Phi) is 4.63. The molecular formula is C15H24N2OS. The molecule has 4 heteroatoms. The smallest absolute Gasteiger partial charge is 0.229 e. The fourth-order valence-electron chi connectivity index (χ4n) is 2.89. The average molecular weight is 280 g/mol. The van der Waals surface area contributed by atoms with Crippen molar-refractivity contribution in [2.24, 2.45) is 5.41 Å². The van der Waals surface area contributed by atoms with E-state index in [0.29, 0.717) is 5.91 Å². The first-order valence-electron chi connectivity index (χ1n) is 7.12. The summed E-state index contributed by atoms with van der Waals surface area (Å²) in [6, 6.07) is 4.33. The van der Waals surface area contributed by atoms with E-state index in [0.717, 1.165) is 32.4 Å². The van der Waals surface area contributed by atoms with Crippen LogP contribution in [-0.2, 0) is 4.79 Å². The molecule has 0 aromatic carbocycles. The number of carbonyl (C=O) groups excluding carboxylic acids is 1. The molecule has 1 aliphatic rings. The summed E-state index contributed by atoms with van der Waals surface area (Å²) < 4.78 is 0. The highest BCUT2D eigenvalue weighted by Gasteiger charge is 2.40. The molecule has 3 nitrogen and oxygen atoms in total. The Labute approximate surface area is 120 Å². The van der Waals surface area contributed by atoms with Gasteiger partial charge in [0.1, 0.15) is 0 Å². The highest BCUT2D eigenvalue weighted by molar-refractivity contribution is 7.10. The van der Waals surface area contributed by atoms with Crippen LogP contribution in [0.1, 0.15) is 44.0 Å². The summed E-state index contributed by atoms with van der Waals surface area (Å²) in [5.74, 6) is 0.317. The molecule has 0 aliphatic carbocycles. The normalized spacial score (nSPS) is 19.9. The first-order valence-corrected chi connectivity index (χ1v) is 8.00. The van der Waals surface area contributed by atoms with Crippen molar-refractivity contribution in [1.82, 2.24) is 10.2 Å². The van der Waals surface area contributed by atoms with Crippen LogP contribution in [-0.4, -0.2) is 30.9 Å². The third kappa shape index (κ3) is 2.84. The van der Waals surface area contributed by atoms with Crippen LogP contribution in [0.25, 0.3) is 0 Å². The van der Waals surface area contributed by atoms with Crippen LogP contribution >= 0.6 is 11.3 Å². The van der Waals surface area contributed by atoms with Gasteiger partial charge in [-0.05, 0) is 50.7 Å². The van der Waals surface area contributed by atoms with E-state index in [1.54, 1.807) is 11.3 Å². The van der Waals surface area contributed by atoms with Crippen LogP contribution in [0, 0.1) is 5.41 Å². The predicted octanol–water partition coefficient (Wildman–Crippen LogP) is 3.05. The second kappa shape index (κ2) is 6.06. The van der Waals surface area contributed by atoms with Crippen LogP contribution in [0.15, 0.2) is 17.5 Å². The Bertz CT molecular complexity index is 410. The monoisotopic (exact) mass is 280 g/mol. The van der Waals surface area contributed by atoms with E-state index in [-0.39, 0.29) is 11.5 Å². The summed E-state index contributed by atoms with van der Waals surface area (Å²) in [7, 11) is 1.95. The van der Waals surface area contributed by atoms with Gasteiger partial charge in [0.25, 0.3) is 0 Å². The minimum absolute atomic E-state index is 0.147. The maximum atomic E-state index is 12.9. The molecule has 2 heterocycles. The summed E-state index contributed by atoms with van der Waals surface area (Å²) in [4.78, 5) is 16.1. The molecule has 1 unspecified atom stereocenters. The molecule has 1 N–H and O–H groups in total. The molecule has 1 aromatic heterocycles. The molecule has 1 saturated heterocycles. The van der Waals surface area contributed by atoms with Crippen LogP contribution < -0.4 is 5.32 Å². The van der Waals surface area contributed by atoms with E-state index in [2.05, 4.69) is 36.7 Å². The SMILES string of the molecule is CCC1(C(=O)N(C)C(C)c2cccs2)CCNCC1. The Hall–Kier alpha value is -0.870. The Morgan fingerprint density at radius 1 is 1.53 bits per heavy atom. The second-order valence-electron chi connectivity index (χ2n) is 5.49. The number of hydrogen-bond donors (Lipinski definition) is 1. The first kappa shape index (κ1) is 14.5. The molecule has 1 amide bonds. The van der Waals surface area contributed by atoms with E-state index in [1.165, 1.54) is 4.88 Å². The molecule has 1 atom stereocenters. The van der Waals surface area contributed by atoms with E-state index in [4.69, 9.17) is 0 Å². The lowest BCUT2D eigenvalue weighted by Crippen LogP contribution is -2.48. The fraction of sp³-hybridized carbons (Fsp3) is 0.667. The Morgan fingerprint density at radius 3 is 2.74 bits per heavy atom. The van der Waals surface area contributed by atoms with Gasteiger partial charge in [-0.1, -0.05) is 13.0 Å². The number of piperidine rings is 1. The number of hydrogen-bond acceptors (Lipinski definition) is 3. The molecule has 0 spiro atoms. The van der Waals surface area contributed by atoms with Crippen molar-refractivity contribution < 1.29 is 4.79 Å². The molecule has 0 saturated carbocycles. The molecule has 1 aromatic rings. The van der Waals surface area contributed by atoms with Crippen LogP contribution in [0.3, 0.4) is 0 Å². The van der Waals surface area contributed by atoms with Gasteiger partial charge in [0.05, 0.1) is 11.5 Å². The quantitative estimate of drug-likeness (QED) is 0.919. The van der Waals surface area contributed by atoms with E-state index in [1.807, 2.05) is 11.9 Å². The lowest BCUT2D eigenvalue weighted by molar-refractivity contribution is -0.144. The lowest BCUT2D eigenvalue weighted by atomic mass is 9.75. The van der Waals surface area contributed by atoms with Gasteiger partial charge in [0.15, 0.2) is 0 Å². The topological polar surface area (TPSA) is 32.3 Å². The zero-order valence-electron chi connectivity index (χ0n) is 12.1. The third-order valence-corrected chi connectivity index (χ3v) is 5.59. The molecule has 0 bridgehead atoms. The summed E-state index contributed by atoms with van der Waals surface area (Å²) in [5.41, 5.74) is -0.147. The van der Waals surface area contributed by atoms with Gasteiger partial charge in [-0.25, -0.2) is 0 Å². The summed E-state index contributed by atoms with van der Waals surface area (Å²) in [6.07, 6.45) is 2.86. The van der Waals surface area contributed by atoms with Gasteiger partial charge in [0, 0.05) is 11.9 Å². The minimum atomic E-state index is -0.147. The molecular weight excluding hydrogens is 256 g/mol. The Morgan fingerprint density at radius 2 is 2.21 bits per heavy atom. The van der Waals surface area contributed by atoms with Crippen LogP contribution in [0.5, 0.6) is 0 Å². The van der Waals surface area contributed by atoms with Crippen molar-refractivity contribution in [1.29, 1.82) is 0 Å². The lowest BCUT2D eigenvalue weighted by Gasteiger charge is -2.40. The number of nitrogens with zero attached hydrogens (tertiary/aromatic N) is 1. The first-order chi connectivity index (χ1) is 9.10. The average Bonchev–Trinajstić information content (AvgIpc) is 2.99. The third-order valence-electron chi connectivity index (χ3n) is 4.55. The van der Waals surface area contributed by atoms with E-state index in [9.17, 15) is 4.79 Å². The predicted molar refractivity (Wildman–Crippen MR) is 80.3 cm³/mol. The summed E-state index contributed by atoms with van der Waals surface area (Å²) in [6.45, 7) is 6.18. The number of nitrogens with one attached hydrogen (secondary N) is 1. The molecule has 1 aliphatic heterocycles. The van der Waals surface area contributed by atoms with Crippen molar-refractivity contribution in [2.45, 2.75) is 39.2 Å². The van der Waals surface area contributed by atoms with Crippen molar-refractivity contribution in [3.8, 4) is 0 Å². The fourth-order valence-corrected chi connectivity index (χ4v) is 3.72. The second-order valence-corrected chi connectivity index (χ2v) is 6.47. The summed E-state index contributed by atoms with van der Waals surface area (Å²) >= 11 is 1.72. The molecule has 19 heavy (non-hydrogen) atoms. The van der Waals surface area contributed by atoms with Gasteiger partial charge in [-0.3, -0.25) is 4.79 Å².